The molecule has 1 amide bonds. The Kier molecular flexibility index (Phi) is 7.95. The Bertz CT molecular complexity index is 395. The first-order chi connectivity index (χ1) is 9.65. The molecule has 4 nitrogen and oxygen atoms in total. The van der Waals surface area contributed by atoms with E-state index in [-0.39, 0.29) is 12.2 Å². The fourth-order valence-electron chi connectivity index (χ4n) is 1.43. The lowest BCUT2D eigenvalue weighted by molar-refractivity contribution is 0.153. The number of ether oxygens (including phenoxy) is 2. The van der Waals surface area contributed by atoms with Gasteiger partial charge in [0.15, 0.2) is 0 Å². The molecule has 0 spiro atoms. The zero-order valence-corrected chi connectivity index (χ0v) is 13.2. The number of thioether (sulfide) groups is 1. The summed E-state index contributed by atoms with van der Waals surface area (Å²) in [5, 5.41) is 2.69. The van der Waals surface area contributed by atoms with E-state index in [1.807, 2.05) is 24.3 Å². The second-order valence-corrected chi connectivity index (χ2v) is 5.47. The van der Waals surface area contributed by atoms with E-state index in [9.17, 15) is 4.79 Å². The molecule has 0 bridgehead atoms. The van der Waals surface area contributed by atoms with Gasteiger partial charge in [0.2, 0.25) is 0 Å². The third-order valence-corrected chi connectivity index (χ3v) is 3.67. The summed E-state index contributed by atoms with van der Waals surface area (Å²) in [5.41, 5.74) is 0. The standard InChI is InChI=1S/C15H23NO3S/c1-4-12(3)19-13-6-8-14(9-7-13)20-11-10-16-15(17)18-5-2/h6-9,12H,4-5,10-11H2,1-3H3,(H,16,17). The Balaban J connectivity index is 2.26. The van der Waals surface area contributed by atoms with Crippen LogP contribution in [-0.4, -0.2) is 31.1 Å². The van der Waals surface area contributed by atoms with Crippen LogP contribution >= 0.6 is 11.8 Å². The van der Waals surface area contributed by atoms with Crippen LogP contribution in [0.2, 0.25) is 0 Å². The molecule has 1 atom stereocenters. The third kappa shape index (κ3) is 6.70. The molecule has 0 aliphatic carbocycles. The van der Waals surface area contributed by atoms with Crippen LogP contribution in [-0.2, 0) is 4.74 Å². The van der Waals surface area contributed by atoms with Gasteiger partial charge in [0, 0.05) is 17.2 Å². The zero-order valence-electron chi connectivity index (χ0n) is 12.3. The molecule has 0 aliphatic heterocycles. The summed E-state index contributed by atoms with van der Waals surface area (Å²) in [6.07, 6.45) is 0.878. The predicted octanol–water partition coefficient (Wildman–Crippen LogP) is 3.70. The van der Waals surface area contributed by atoms with Gasteiger partial charge in [-0.3, -0.25) is 0 Å². The molecule has 0 saturated heterocycles. The summed E-state index contributed by atoms with van der Waals surface area (Å²) in [5.74, 6) is 1.71. The maximum atomic E-state index is 11.1. The maximum Gasteiger partial charge on any atom is 0.407 e. The minimum atomic E-state index is -0.356. The Labute approximate surface area is 125 Å². The van der Waals surface area contributed by atoms with Crippen molar-refractivity contribution in [1.29, 1.82) is 0 Å². The number of carbonyl (C=O) groups is 1. The van der Waals surface area contributed by atoms with E-state index in [0.29, 0.717) is 13.2 Å². The van der Waals surface area contributed by atoms with Gasteiger partial charge in [0.1, 0.15) is 5.75 Å². The van der Waals surface area contributed by atoms with Crippen LogP contribution in [0.25, 0.3) is 0 Å². The molecule has 5 heteroatoms. The molecule has 1 aromatic carbocycles. The lowest BCUT2D eigenvalue weighted by atomic mass is 10.3. The van der Waals surface area contributed by atoms with E-state index in [1.54, 1.807) is 18.7 Å². The largest absolute Gasteiger partial charge is 0.491 e. The second kappa shape index (κ2) is 9.53. The average Bonchev–Trinajstić information content (AvgIpc) is 2.45. The molecule has 20 heavy (non-hydrogen) atoms. The van der Waals surface area contributed by atoms with Crippen molar-refractivity contribution in [1.82, 2.24) is 5.32 Å². The van der Waals surface area contributed by atoms with Gasteiger partial charge in [-0.15, -0.1) is 11.8 Å². The van der Waals surface area contributed by atoms with Crippen molar-refractivity contribution in [3.8, 4) is 5.75 Å². The van der Waals surface area contributed by atoms with Gasteiger partial charge in [-0.1, -0.05) is 6.92 Å². The quantitative estimate of drug-likeness (QED) is 0.587. The van der Waals surface area contributed by atoms with Crippen LogP contribution < -0.4 is 10.1 Å². The summed E-state index contributed by atoms with van der Waals surface area (Å²) in [6, 6.07) is 8.03. The van der Waals surface area contributed by atoms with Gasteiger partial charge in [-0.05, 0) is 44.5 Å². The van der Waals surface area contributed by atoms with Gasteiger partial charge >= 0.3 is 6.09 Å². The number of amides is 1. The van der Waals surface area contributed by atoms with Crippen molar-refractivity contribution >= 4 is 17.9 Å². The first-order valence-corrected chi connectivity index (χ1v) is 7.94. The molecule has 112 valence electrons. The van der Waals surface area contributed by atoms with E-state index in [1.165, 1.54) is 0 Å². The number of nitrogens with one attached hydrogen (secondary N) is 1. The minimum Gasteiger partial charge on any atom is -0.491 e. The topological polar surface area (TPSA) is 47.6 Å². The molecule has 1 N–H and O–H groups in total. The molecule has 1 aromatic rings. The van der Waals surface area contributed by atoms with Crippen molar-refractivity contribution in [3.63, 3.8) is 0 Å². The third-order valence-electron chi connectivity index (χ3n) is 2.65. The molecule has 1 unspecified atom stereocenters. The number of rotatable bonds is 8. The van der Waals surface area contributed by atoms with Crippen LogP contribution in [0.5, 0.6) is 5.75 Å². The second-order valence-electron chi connectivity index (χ2n) is 4.30. The summed E-state index contributed by atoms with van der Waals surface area (Å²) in [4.78, 5) is 12.2. The first kappa shape index (κ1) is 16.7. The Hall–Kier alpha value is -1.36. The monoisotopic (exact) mass is 297 g/mol. The lowest BCUT2D eigenvalue weighted by Gasteiger charge is -2.12. The minimum absolute atomic E-state index is 0.238. The SMILES string of the molecule is CCOC(=O)NCCSc1ccc(OC(C)CC)cc1. The van der Waals surface area contributed by atoms with Gasteiger partial charge < -0.3 is 14.8 Å². The molecule has 0 heterocycles. The molecule has 0 aromatic heterocycles. The molecular weight excluding hydrogens is 274 g/mol. The van der Waals surface area contributed by atoms with Crippen LogP contribution in [0.15, 0.2) is 29.2 Å². The highest BCUT2D eigenvalue weighted by atomic mass is 32.2. The van der Waals surface area contributed by atoms with Crippen LogP contribution in [0.4, 0.5) is 4.79 Å². The number of carbonyl (C=O) groups excluding carboxylic acids is 1. The smallest absolute Gasteiger partial charge is 0.407 e. The van der Waals surface area contributed by atoms with Crippen molar-refractivity contribution in [2.24, 2.45) is 0 Å². The predicted molar refractivity (Wildman–Crippen MR) is 82.6 cm³/mol. The molecule has 0 aliphatic rings. The molecule has 0 fully saturated rings. The van der Waals surface area contributed by atoms with Crippen LogP contribution in [0, 0.1) is 0 Å². The number of hydrogen-bond donors (Lipinski definition) is 1. The fraction of sp³-hybridized carbons (Fsp3) is 0.533. The van der Waals surface area contributed by atoms with Crippen molar-refractivity contribution in [2.45, 2.75) is 38.2 Å². The number of benzene rings is 1. The highest BCUT2D eigenvalue weighted by molar-refractivity contribution is 7.99. The van der Waals surface area contributed by atoms with Gasteiger partial charge in [0.05, 0.1) is 12.7 Å². The van der Waals surface area contributed by atoms with Gasteiger partial charge in [-0.2, -0.15) is 0 Å². The summed E-state index contributed by atoms with van der Waals surface area (Å²) < 4.78 is 10.5. The highest BCUT2D eigenvalue weighted by Crippen LogP contribution is 2.21. The van der Waals surface area contributed by atoms with E-state index >= 15 is 0 Å². The molecule has 0 radical (unpaired) electrons. The Morgan fingerprint density at radius 1 is 1.30 bits per heavy atom. The summed E-state index contributed by atoms with van der Waals surface area (Å²) in [6.45, 7) is 6.94. The number of alkyl carbamates (subject to hydrolysis) is 1. The average molecular weight is 297 g/mol. The molecule has 0 saturated carbocycles. The Morgan fingerprint density at radius 3 is 2.60 bits per heavy atom. The van der Waals surface area contributed by atoms with Gasteiger partial charge in [-0.25, -0.2) is 4.79 Å². The maximum absolute atomic E-state index is 11.1. The van der Waals surface area contributed by atoms with Crippen molar-refractivity contribution < 1.29 is 14.3 Å². The first-order valence-electron chi connectivity index (χ1n) is 6.95. The Morgan fingerprint density at radius 2 is 2.00 bits per heavy atom. The fourth-order valence-corrected chi connectivity index (χ4v) is 2.20. The van der Waals surface area contributed by atoms with Crippen molar-refractivity contribution in [3.05, 3.63) is 24.3 Å². The van der Waals surface area contributed by atoms with Crippen molar-refractivity contribution in [2.75, 3.05) is 18.9 Å². The van der Waals surface area contributed by atoms with E-state index in [2.05, 4.69) is 19.2 Å². The van der Waals surface area contributed by atoms with E-state index in [0.717, 1.165) is 22.8 Å². The van der Waals surface area contributed by atoms with Gasteiger partial charge in [0.25, 0.3) is 0 Å². The van der Waals surface area contributed by atoms with E-state index in [4.69, 9.17) is 9.47 Å². The summed E-state index contributed by atoms with van der Waals surface area (Å²) >= 11 is 1.69. The molecular formula is C15H23NO3S. The van der Waals surface area contributed by atoms with Crippen LogP contribution in [0.1, 0.15) is 27.2 Å². The summed E-state index contributed by atoms with van der Waals surface area (Å²) in [7, 11) is 0. The zero-order chi connectivity index (χ0) is 14.8. The molecule has 1 rings (SSSR count). The van der Waals surface area contributed by atoms with E-state index < -0.39 is 0 Å². The van der Waals surface area contributed by atoms with Crippen LogP contribution in [0.3, 0.4) is 0 Å². The highest BCUT2D eigenvalue weighted by Gasteiger charge is 2.02. The normalized spacial score (nSPS) is 11.8. The number of hydrogen-bond acceptors (Lipinski definition) is 4. The lowest BCUT2D eigenvalue weighted by Crippen LogP contribution is -2.26.